The number of carbonyl (C=O) groups excluding carboxylic acids is 1. The van der Waals surface area contributed by atoms with Crippen molar-refractivity contribution in [3.63, 3.8) is 0 Å². The summed E-state index contributed by atoms with van der Waals surface area (Å²) in [6.07, 6.45) is 1.83. The Labute approximate surface area is 90.7 Å². The van der Waals surface area contributed by atoms with E-state index < -0.39 is 11.6 Å². The molecule has 0 N–H and O–H groups in total. The minimum absolute atomic E-state index is 0.0458. The summed E-state index contributed by atoms with van der Waals surface area (Å²) in [6.45, 7) is 1.91. The number of fused-ring (bicyclic) bond motifs is 1. The molecule has 0 saturated heterocycles. The lowest BCUT2D eigenvalue weighted by molar-refractivity contribution is -0.117. The highest BCUT2D eigenvalue weighted by Gasteiger charge is 2.09. The van der Waals surface area contributed by atoms with Crippen LogP contribution in [-0.4, -0.2) is 15.3 Å². The first-order valence-corrected chi connectivity index (χ1v) is 4.87. The molecule has 0 aliphatic rings. The fourth-order valence-electron chi connectivity index (χ4n) is 1.51. The number of aryl methyl sites for hydroxylation is 1. The van der Waals surface area contributed by atoms with Crippen molar-refractivity contribution in [3.05, 3.63) is 30.1 Å². The fourth-order valence-corrected chi connectivity index (χ4v) is 1.51. The molecule has 0 saturated carbocycles. The Balaban J connectivity index is 2.40. The molecule has 16 heavy (non-hydrogen) atoms. The third-order valence-corrected chi connectivity index (χ3v) is 2.37. The van der Waals surface area contributed by atoms with Gasteiger partial charge in [0.05, 0.1) is 17.4 Å². The molecule has 0 aliphatic heterocycles. The van der Waals surface area contributed by atoms with Crippen LogP contribution in [0.25, 0.3) is 11.0 Å². The van der Waals surface area contributed by atoms with Gasteiger partial charge in [-0.3, -0.25) is 4.79 Å². The zero-order valence-electron chi connectivity index (χ0n) is 8.70. The monoisotopic (exact) mass is 224 g/mol. The number of Topliss-reactive ketones (excluding diaryl/α,β-unsaturated/α-hetero) is 1. The first-order valence-electron chi connectivity index (χ1n) is 4.87. The van der Waals surface area contributed by atoms with Crippen LogP contribution < -0.4 is 0 Å². The van der Waals surface area contributed by atoms with Gasteiger partial charge in [0.15, 0.2) is 11.6 Å². The maximum atomic E-state index is 13.0. The van der Waals surface area contributed by atoms with Gasteiger partial charge in [0.25, 0.3) is 0 Å². The van der Waals surface area contributed by atoms with E-state index in [2.05, 4.69) is 4.98 Å². The lowest BCUT2D eigenvalue weighted by Crippen LogP contribution is -2.01. The van der Waals surface area contributed by atoms with Crippen molar-refractivity contribution in [1.82, 2.24) is 9.55 Å². The summed E-state index contributed by atoms with van der Waals surface area (Å²) < 4.78 is 27.6. The zero-order valence-corrected chi connectivity index (χ0v) is 8.70. The van der Waals surface area contributed by atoms with Gasteiger partial charge in [-0.05, 0) is 6.92 Å². The van der Waals surface area contributed by atoms with Crippen molar-refractivity contribution in [2.24, 2.45) is 0 Å². The molecule has 2 aromatic rings. The van der Waals surface area contributed by atoms with Crippen LogP contribution in [0, 0.1) is 11.6 Å². The highest BCUT2D eigenvalue weighted by Crippen LogP contribution is 2.17. The molecule has 0 radical (unpaired) electrons. The van der Waals surface area contributed by atoms with Crippen LogP contribution in [0.4, 0.5) is 8.78 Å². The second-order valence-electron chi connectivity index (χ2n) is 3.65. The van der Waals surface area contributed by atoms with Crippen LogP contribution in [-0.2, 0) is 11.3 Å². The average Bonchev–Trinajstić information content (AvgIpc) is 2.58. The van der Waals surface area contributed by atoms with E-state index >= 15 is 0 Å². The predicted molar refractivity (Wildman–Crippen MR) is 54.9 cm³/mol. The molecule has 0 unspecified atom stereocenters. The Kier molecular flexibility index (Phi) is 2.68. The summed E-state index contributed by atoms with van der Waals surface area (Å²) in [4.78, 5) is 14.8. The van der Waals surface area contributed by atoms with Crippen LogP contribution >= 0.6 is 0 Å². The number of hydrogen-bond acceptors (Lipinski definition) is 2. The Hall–Kier alpha value is -1.78. The minimum atomic E-state index is -0.913. The summed E-state index contributed by atoms with van der Waals surface area (Å²) in [7, 11) is 0. The lowest BCUT2D eigenvalue weighted by Gasteiger charge is -2.02. The van der Waals surface area contributed by atoms with Crippen LogP contribution in [0.15, 0.2) is 18.5 Å². The molecule has 5 heteroatoms. The number of nitrogens with zero attached hydrogens (tertiary/aromatic N) is 2. The van der Waals surface area contributed by atoms with Crippen LogP contribution in [0.5, 0.6) is 0 Å². The lowest BCUT2D eigenvalue weighted by atomic mass is 10.2. The topological polar surface area (TPSA) is 34.9 Å². The molecule has 0 aliphatic carbocycles. The van der Waals surface area contributed by atoms with Gasteiger partial charge >= 0.3 is 0 Å². The summed E-state index contributed by atoms with van der Waals surface area (Å²) in [5.41, 5.74) is 0.891. The second kappa shape index (κ2) is 4.00. The third kappa shape index (κ3) is 1.93. The number of hydrogen-bond donors (Lipinski definition) is 0. The number of halogens is 2. The minimum Gasteiger partial charge on any atom is -0.330 e. The van der Waals surface area contributed by atoms with Gasteiger partial charge in [-0.25, -0.2) is 13.8 Å². The predicted octanol–water partition coefficient (Wildman–Crippen LogP) is 2.29. The van der Waals surface area contributed by atoms with E-state index in [0.717, 1.165) is 12.1 Å². The van der Waals surface area contributed by atoms with E-state index in [1.54, 1.807) is 4.57 Å². The summed E-state index contributed by atoms with van der Waals surface area (Å²) in [5, 5.41) is 0. The van der Waals surface area contributed by atoms with Crippen molar-refractivity contribution in [3.8, 4) is 0 Å². The zero-order chi connectivity index (χ0) is 11.7. The van der Waals surface area contributed by atoms with E-state index in [9.17, 15) is 13.6 Å². The molecule has 1 aromatic carbocycles. The maximum Gasteiger partial charge on any atom is 0.161 e. The molecule has 0 amide bonds. The summed E-state index contributed by atoms with van der Waals surface area (Å²) >= 11 is 0. The van der Waals surface area contributed by atoms with E-state index in [1.807, 2.05) is 0 Å². The Bertz CT molecular complexity index is 548. The van der Waals surface area contributed by atoms with Crippen molar-refractivity contribution in [2.75, 3.05) is 0 Å². The van der Waals surface area contributed by atoms with E-state index in [0.29, 0.717) is 24.0 Å². The summed E-state index contributed by atoms with van der Waals surface area (Å²) in [6, 6.07) is 2.15. The molecule has 3 nitrogen and oxygen atoms in total. The number of benzene rings is 1. The molecule has 0 bridgehead atoms. The molecular formula is C11H10F2N2O. The Morgan fingerprint density at radius 3 is 2.75 bits per heavy atom. The van der Waals surface area contributed by atoms with Crippen molar-refractivity contribution >= 4 is 16.8 Å². The van der Waals surface area contributed by atoms with Gasteiger partial charge in [-0.1, -0.05) is 0 Å². The number of rotatable bonds is 3. The third-order valence-electron chi connectivity index (χ3n) is 2.37. The molecule has 0 fully saturated rings. The van der Waals surface area contributed by atoms with Crippen molar-refractivity contribution in [2.45, 2.75) is 19.9 Å². The largest absolute Gasteiger partial charge is 0.330 e. The SMILES string of the molecule is CC(=O)CCn1cnc2cc(F)c(F)cc21. The van der Waals surface area contributed by atoms with Crippen molar-refractivity contribution in [1.29, 1.82) is 0 Å². The first-order chi connectivity index (χ1) is 7.58. The van der Waals surface area contributed by atoms with Crippen LogP contribution in [0.1, 0.15) is 13.3 Å². The molecule has 0 spiro atoms. The normalized spacial score (nSPS) is 10.9. The average molecular weight is 224 g/mol. The molecule has 1 aromatic heterocycles. The van der Waals surface area contributed by atoms with Crippen LogP contribution in [0.2, 0.25) is 0 Å². The quantitative estimate of drug-likeness (QED) is 0.801. The maximum absolute atomic E-state index is 13.0. The van der Waals surface area contributed by atoms with Crippen LogP contribution in [0.3, 0.4) is 0 Å². The van der Waals surface area contributed by atoms with Gasteiger partial charge in [0.2, 0.25) is 0 Å². The first kappa shape index (κ1) is 10.7. The molecule has 0 atom stereocenters. The van der Waals surface area contributed by atoms with Gasteiger partial charge in [-0.15, -0.1) is 0 Å². The number of ketones is 1. The van der Waals surface area contributed by atoms with Gasteiger partial charge in [0.1, 0.15) is 5.78 Å². The van der Waals surface area contributed by atoms with E-state index in [4.69, 9.17) is 0 Å². The molecule has 84 valence electrons. The van der Waals surface area contributed by atoms with Crippen molar-refractivity contribution < 1.29 is 13.6 Å². The Morgan fingerprint density at radius 2 is 2.06 bits per heavy atom. The van der Waals surface area contributed by atoms with Gasteiger partial charge in [0, 0.05) is 25.1 Å². The highest BCUT2D eigenvalue weighted by molar-refractivity contribution is 5.77. The smallest absolute Gasteiger partial charge is 0.161 e. The Morgan fingerprint density at radius 1 is 1.38 bits per heavy atom. The number of imidazole rings is 1. The standard InChI is InChI=1S/C11H10F2N2O/c1-7(16)2-3-15-6-14-10-4-8(12)9(13)5-11(10)15/h4-6H,2-3H2,1H3. The highest BCUT2D eigenvalue weighted by atomic mass is 19.2. The number of aromatic nitrogens is 2. The second-order valence-corrected chi connectivity index (χ2v) is 3.65. The van der Waals surface area contributed by atoms with Gasteiger partial charge < -0.3 is 4.57 Å². The molecular weight excluding hydrogens is 214 g/mol. The molecule has 2 rings (SSSR count). The summed E-state index contributed by atoms with van der Waals surface area (Å²) in [5.74, 6) is -1.77. The number of carbonyl (C=O) groups is 1. The van der Waals surface area contributed by atoms with E-state index in [1.165, 1.54) is 13.3 Å². The van der Waals surface area contributed by atoms with Gasteiger partial charge in [-0.2, -0.15) is 0 Å². The fraction of sp³-hybridized carbons (Fsp3) is 0.273. The molecule has 1 heterocycles. The van der Waals surface area contributed by atoms with E-state index in [-0.39, 0.29) is 5.78 Å².